The maximum Gasteiger partial charge on any atom is 0.165 e. The van der Waals surface area contributed by atoms with Gasteiger partial charge in [0.15, 0.2) is 11.6 Å². The van der Waals surface area contributed by atoms with Gasteiger partial charge in [0.05, 0.1) is 6.61 Å². The summed E-state index contributed by atoms with van der Waals surface area (Å²) in [4.78, 5) is 0. The SMILES string of the molecule is CCSCCOc1ccc([C@H](C)N)cc1F. The minimum absolute atomic E-state index is 0.154. The molecule has 0 aliphatic heterocycles. The summed E-state index contributed by atoms with van der Waals surface area (Å²) in [6, 6.07) is 4.73. The van der Waals surface area contributed by atoms with E-state index < -0.39 is 0 Å². The average Bonchev–Trinajstić information content (AvgIpc) is 2.26. The van der Waals surface area contributed by atoms with Crippen molar-refractivity contribution in [1.29, 1.82) is 0 Å². The molecule has 0 radical (unpaired) electrons. The highest BCUT2D eigenvalue weighted by Crippen LogP contribution is 2.21. The van der Waals surface area contributed by atoms with Gasteiger partial charge in [0, 0.05) is 11.8 Å². The molecule has 1 atom stereocenters. The number of hydrogen-bond acceptors (Lipinski definition) is 3. The van der Waals surface area contributed by atoms with E-state index in [1.54, 1.807) is 23.9 Å². The van der Waals surface area contributed by atoms with Gasteiger partial charge in [0.1, 0.15) is 0 Å². The van der Waals surface area contributed by atoms with Crippen LogP contribution in [0.4, 0.5) is 4.39 Å². The first-order valence-corrected chi connectivity index (χ1v) is 6.56. The zero-order valence-corrected chi connectivity index (χ0v) is 10.5. The molecule has 0 heterocycles. The fourth-order valence-corrected chi connectivity index (χ4v) is 1.76. The topological polar surface area (TPSA) is 35.2 Å². The minimum atomic E-state index is -0.337. The lowest BCUT2D eigenvalue weighted by atomic mass is 10.1. The van der Waals surface area contributed by atoms with Crippen molar-refractivity contribution in [1.82, 2.24) is 0 Å². The molecule has 4 heteroatoms. The van der Waals surface area contributed by atoms with Crippen LogP contribution in [0, 0.1) is 5.82 Å². The van der Waals surface area contributed by atoms with Gasteiger partial charge in [-0.15, -0.1) is 0 Å². The summed E-state index contributed by atoms with van der Waals surface area (Å²) in [5, 5.41) is 0. The zero-order valence-electron chi connectivity index (χ0n) is 9.70. The minimum Gasteiger partial charge on any atom is -0.490 e. The predicted octanol–water partition coefficient (Wildman–Crippen LogP) is 2.98. The van der Waals surface area contributed by atoms with Crippen LogP contribution in [0.1, 0.15) is 25.5 Å². The summed E-state index contributed by atoms with van der Waals surface area (Å²) >= 11 is 1.77. The molecule has 0 aromatic heterocycles. The number of halogens is 1. The number of hydrogen-bond donors (Lipinski definition) is 1. The van der Waals surface area contributed by atoms with Crippen LogP contribution >= 0.6 is 11.8 Å². The van der Waals surface area contributed by atoms with Gasteiger partial charge in [0.25, 0.3) is 0 Å². The molecule has 0 amide bonds. The van der Waals surface area contributed by atoms with Gasteiger partial charge in [0.2, 0.25) is 0 Å². The molecular weight excluding hydrogens is 225 g/mol. The summed E-state index contributed by atoms with van der Waals surface area (Å²) < 4.78 is 18.9. The van der Waals surface area contributed by atoms with Gasteiger partial charge in [-0.3, -0.25) is 0 Å². The zero-order chi connectivity index (χ0) is 12.0. The number of nitrogens with two attached hydrogens (primary N) is 1. The molecule has 1 aromatic carbocycles. The first kappa shape index (κ1) is 13.3. The third-order valence-corrected chi connectivity index (χ3v) is 3.03. The van der Waals surface area contributed by atoms with E-state index in [9.17, 15) is 4.39 Å². The second kappa shape index (κ2) is 6.76. The quantitative estimate of drug-likeness (QED) is 0.780. The Morgan fingerprint density at radius 1 is 1.50 bits per heavy atom. The molecule has 0 saturated carbocycles. The van der Waals surface area contributed by atoms with E-state index in [1.165, 1.54) is 6.07 Å². The molecule has 1 rings (SSSR count). The number of thioether (sulfide) groups is 1. The highest BCUT2D eigenvalue weighted by molar-refractivity contribution is 7.99. The fraction of sp³-hybridized carbons (Fsp3) is 0.500. The Kier molecular flexibility index (Phi) is 5.63. The molecule has 0 unspecified atom stereocenters. The Labute approximate surface area is 100 Å². The normalized spacial score (nSPS) is 12.5. The Balaban J connectivity index is 2.54. The molecular formula is C12H18FNOS. The van der Waals surface area contributed by atoms with Crippen LogP contribution in [0.25, 0.3) is 0 Å². The van der Waals surface area contributed by atoms with Crippen molar-refractivity contribution < 1.29 is 9.13 Å². The lowest BCUT2D eigenvalue weighted by Gasteiger charge is -2.10. The van der Waals surface area contributed by atoms with Crippen molar-refractivity contribution in [2.24, 2.45) is 5.73 Å². The molecule has 0 aliphatic carbocycles. The first-order chi connectivity index (χ1) is 7.65. The van der Waals surface area contributed by atoms with E-state index in [0.717, 1.165) is 17.1 Å². The van der Waals surface area contributed by atoms with Gasteiger partial charge in [-0.1, -0.05) is 13.0 Å². The molecule has 0 saturated heterocycles. The Morgan fingerprint density at radius 3 is 2.81 bits per heavy atom. The van der Waals surface area contributed by atoms with Crippen molar-refractivity contribution in [3.63, 3.8) is 0 Å². The lowest BCUT2D eigenvalue weighted by Crippen LogP contribution is -2.06. The molecule has 16 heavy (non-hydrogen) atoms. The van der Waals surface area contributed by atoms with Gasteiger partial charge in [-0.25, -0.2) is 4.39 Å². The summed E-state index contributed by atoms with van der Waals surface area (Å²) in [5.41, 5.74) is 6.45. The maximum atomic E-state index is 13.5. The Morgan fingerprint density at radius 2 is 2.25 bits per heavy atom. The van der Waals surface area contributed by atoms with Crippen LogP contribution in [-0.2, 0) is 0 Å². The summed E-state index contributed by atoms with van der Waals surface area (Å²) in [6.45, 7) is 4.45. The van der Waals surface area contributed by atoms with E-state index in [4.69, 9.17) is 10.5 Å². The summed E-state index contributed by atoms with van der Waals surface area (Å²) in [7, 11) is 0. The number of rotatable bonds is 6. The van der Waals surface area contributed by atoms with Crippen LogP contribution in [0.5, 0.6) is 5.75 Å². The van der Waals surface area contributed by atoms with Crippen LogP contribution < -0.4 is 10.5 Å². The van der Waals surface area contributed by atoms with Gasteiger partial charge in [-0.05, 0) is 30.4 Å². The maximum absolute atomic E-state index is 13.5. The van der Waals surface area contributed by atoms with Crippen LogP contribution in [-0.4, -0.2) is 18.1 Å². The smallest absolute Gasteiger partial charge is 0.165 e. The largest absolute Gasteiger partial charge is 0.490 e. The van der Waals surface area contributed by atoms with Gasteiger partial charge < -0.3 is 10.5 Å². The molecule has 0 spiro atoms. The molecule has 2 nitrogen and oxygen atoms in total. The monoisotopic (exact) mass is 243 g/mol. The standard InChI is InChI=1S/C12H18FNOS/c1-3-16-7-6-15-12-5-4-10(9(2)14)8-11(12)13/h4-5,8-9H,3,6-7,14H2,1-2H3/t9-/m0/s1. The van der Waals surface area contributed by atoms with E-state index in [2.05, 4.69) is 6.92 Å². The van der Waals surface area contributed by atoms with Crippen LogP contribution in [0.15, 0.2) is 18.2 Å². The van der Waals surface area contributed by atoms with E-state index in [-0.39, 0.29) is 11.9 Å². The second-order valence-corrected chi connectivity index (χ2v) is 4.92. The predicted molar refractivity (Wildman–Crippen MR) is 67.5 cm³/mol. The summed E-state index contributed by atoms with van der Waals surface area (Å²) in [6.07, 6.45) is 0. The van der Waals surface area contributed by atoms with Crippen molar-refractivity contribution in [3.8, 4) is 5.75 Å². The van der Waals surface area contributed by atoms with Gasteiger partial charge >= 0.3 is 0 Å². The molecule has 1 aromatic rings. The first-order valence-electron chi connectivity index (χ1n) is 5.40. The van der Waals surface area contributed by atoms with Crippen molar-refractivity contribution in [2.45, 2.75) is 19.9 Å². The highest BCUT2D eigenvalue weighted by Gasteiger charge is 2.06. The van der Waals surface area contributed by atoms with E-state index in [0.29, 0.717) is 12.4 Å². The number of ether oxygens (including phenoxy) is 1. The number of benzene rings is 1. The molecule has 90 valence electrons. The second-order valence-electron chi connectivity index (χ2n) is 3.52. The van der Waals surface area contributed by atoms with Crippen LogP contribution in [0.3, 0.4) is 0 Å². The van der Waals surface area contributed by atoms with Crippen LogP contribution in [0.2, 0.25) is 0 Å². The van der Waals surface area contributed by atoms with Crippen molar-refractivity contribution in [2.75, 3.05) is 18.1 Å². The lowest BCUT2D eigenvalue weighted by molar-refractivity contribution is 0.324. The van der Waals surface area contributed by atoms with Crippen molar-refractivity contribution >= 4 is 11.8 Å². The van der Waals surface area contributed by atoms with Crippen molar-refractivity contribution in [3.05, 3.63) is 29.6 Å². The average molecular weight is 243 g/mol. The Hall–Kier alpha value is -0.740. The molecule has 2 N–H and O–H groups in total. The fourth-order valence-electron chi connectivity index (χ4n) is 1.27. The highest BCUT2D eigenvalue weighted by atomic mass is 32.2. The molecule has 0 bridgehead atoms. The third kappa shape index (κ3) is 4.02. The summed E-state index contributed by atoms with van der Waals surface area (Å²) in [5.74, 6) is 1.90. The van der Waals surface area contributed by atoms with E-state index in [1.807, 2.05) is 6.92 Å². The van der Waals surface area contributed by atoms with E-state index >= 15 is 0 Å². The Bertz CT molecular complexity index is 331. The molecule has 0 aliphatic rings. The third-order valence-electron chi connectivity index (χ3n) is 2.17. The molecule has 0 fully saturated rings. The van der Waals surface area contributed by atoms with Gasteiger partial charge in [-0.2, -0.15) is 11.8 Å².